The van der Waals surface area contributed by atoms with Crippen LogP contribution in [0, 0.1) is 11.6 Å². The highest BCUT2D eigenvalue weighted by Gasteiger charge is 2.26. The monoisotopic (exact) mass is 382 g/mol. The van der Waals surface area contributed by atoms with Crippen LogP contribution in [0.2, 0.25) is 0 Å². The molecule has 1 aromatic carbocycles. The van der Waals surface area contributed by atoms with E-state index in [9.17, 15) is 23.2 Å². The molecule has 1 unspecified atom stereocenters. The first-order chi connectivity index (χ1) is 12.9. The second kappa shape index (κ2) is 9.99. The molecule has 0 saturated carbocycles. The van der Waals surface area contributed by atoms with Gasteiger partial charge in [-0.05, 0) is 44.2 Å². The zero-order valence-corrected chi connectivity index (χ0v) is 15.0. The highest BCUT2D eigenvalue weighted by atomic mass is 19.1. The minimum Gasteiger partial charge on any atom is -0.481 e. The summed E-state index contributed by atoms with van der Waals surface area (Å²) in [4.78, 5) is 36.8. The Morgan fingerprint density at radius 1 is 1.19 bits per heavy atom. The van der Waals surface area contributed by atoms with Crippen LogP contribution in [0.1, 0.15) is 55.3 Å². The molecule has 8 heteroatoms. The Hall–Kier alpha value is -2.51. The number of rotatable bonds is 8. The standard InChI is InChI=1S/C19H24F2N2O4/c20-13-6-8-15(16(21)12-13)19(27)22-10-3-5-17(24)23-11-2-1-4-14(23)7-9-18(25)26/h6,8,12,14H,1-5,7,9-11H2,(H,22,27)(H,25,26). The van der Waals surface area contributed by atoms with Gasteiger partial charge >= 0.3 is 5.97 Å². The van der Waals surface area contributed by atoms with Gasteiger partial charge in [0.15, 0.2) is 0 Å². The molecular weight excluding hydrogens is 358 g/mol. The number of likely N-dealkylation sites (tertiary alicyclic amines) is 1. The van der Waals surface area contributed by atoms with Gasteiger partial charge in [-0.15, -0.1) is 0 Å². The van der Waals surface area contributed by atoms with Crippen LogP contribution in [0.25, 0.3) is 0 Å². The molecule has 1 heterocycles. The van der Waals surface area contributed by atoms with Crippen LogP contribution in [0.3, 0.4) is 0 Å². The summed E-state index contributed by atoms with van der Waals surface area (Å²) in [5.41, 5.74) is -0.243. The predicted molar refractivity (Wildman–Crippen MR) is 94.1 cm³/mol. The molecule has 0 aliphatic carbocycles. The third kappa shape index (κ3) is 6.30. The van der Waals surface area contributed by atoms with Crippen molar-refractivity contribution in [3.05, 3.63) is 35.4 Å². The Bertz CT molecular complexity index is 696. The van der Waals surface area contributed by atoms with Gasteiger partial charge < -0.3 is 15.3 Å². The number of amides is 2. The van der Waals surface area contributed by atoms with Crippen LogP contribution in [-0.2, 0) is 9.59 Å². The van der Waals surface area contributed by atoms with E-state index < -0.39 is 23.5 Å². The fraction of sp³-hybridized carbons (Fsp3) is 0.526. The van der Waals surface area contributed by atoms with Crippen molar-refractivity contribution in [1.29, 1.82) is 0 Å². The van der Waals surface area contributed by atoms with E-state index in [1.165, 1.54) is 0 Å². The Morgan fingerprint density at radius 3 is 2.67 bits per heavy atom. The number of carboxylic acid groups (broad SMARTS) is 1. The second-order valence-electron chi connectivity index (χ2n) is 6.65. The van der Waals surface area contributed by atoms with Crippen molar-refractivity contribution in [2.24, 2.45) is 0 Å². The lowest BCUT2D eigenvalue weighted by atomic mass is 9.97. The molecule has 1 aromatic rings. The molecule has 27 heavy (non-hydrogen) atoms. The molecule has 2 N–H and O–H groups in total. The summed E-state index contributed by atoms with van der Waals surface area (Å²) in [5.74, 6) is -3.28. The molecule has 1 atom stereocenters. The van der Waals surface area contributed by atoms with Gasteiger partial charge in [-0.3, -0.25) is 14.4 Å². The van der Waals surface area contributed by atoms with Crippen LogP contribution < -0.4 is 5.32 Å². The largest absolute Gasteiger partial charge is 0.481 e. The second-order valence-corrected chi connectivity index (χ2v) is 6.65. The number of carbonyl (C=O) groups excluding carboxylic acids is 2. The highest BCUT2D eigenvalue weighted by molar-refractivity contribution is 5.94. The number of carbonyl (C=O) groups is 3. The van der Waals surface area contributed by atoms with E-state index in [-0.39, 0.29) is 36.9 Å². The molecule has 2 rings (SSSR count). The number of benzene rings is 1. The third-order valence-electron chi connectivity index (χ3n) is 4.67. The van der Waals surface area contributed by atoms with Gasteiger partial charge in [0, 0.05) is 38.0 Å². The molecular formula is C19H24F2N2O4. The summed E-state index contributed by atoms with van der Waals surface area (Å²) in [7, 11) is 0. The van der Waals surface area contributed by atoms with E-state index in [1.54, 1.807) is 4.90 Å². The van der Waals surface area contributed by atoms with E-state index in [2.05, 4.69) is 5.32 Å². The van der Waals surface area contributed by atoms with Gasteiger partial charge in [0.25, 0.3) is 5.91 Å². The number of piperidine rings is 1. The summed E-state index contributed by atoms with van der Waals surface area (Å²) in [6, 6.07) is 2.68. The first-order valence-electron chi connectivity index (χ1n) is 9.13. The molecule has 0 bridgehead atoms. The average Bonchev–Trinajstić information content (AvgIpc) is 2.63. The number of hydrogen-bond donors (Lipinski definition) is 2. The van der Waals surface area contributed by atoms with Crippen molar-refractivity contribution in [2.75, 3.05) is 13.1 Å². The molecule has 1 saturated heterocycles. The highest BCUT2D eigenvalue weighted by Crippen LogP contribution is 2.22. The van der Waals surface area contributed by atoms with Gasteiger partial charge in [-0.25, -0.2) is 8.78 Å². The van der Waals surface area contributed by atoms with Gasteiger partial charge in [-0.1, -0.05) is 0 Å². The van der Waals surface area contributed by atoms with E-state index in [4.69, 9.17) is 5.11 Å². The molecule has 1 aliphatic rings. The van der Waals surface area contributed by atoms with Gasteiger partial charge in [-0.2, -0.15) is 0 Å². The minimum atomic E-state index is -0.932. The maximum atomic E-state index is 13.6. The molecule has 2 amide bonds. The topological polar surface area (TPSA) is 86.7 Å². The molecule has 1 aliphatic heterocycles. The lowest BCUT2D eigenvalue weighted by Gasteiger charge is -2.35. The summed E-state index contributed by atoms with van der Waals surface area (Å²) in [6.45, 7) is 0.811. The average molecular weight is 382 g/mol. The first kappa shape index (κ1) is 20.8. The lowest BCUT2D eigenvalue weighted by molar-refractivity contribution is -0.140. The van der Waals surface area contributed by atoms with E-state index in [0.717, 1.165) is 31.4 Å². The van der Waals surface area contributed by atoms with Crippen LogP contribution in [0.4, 0.5) is 8.78 Å². The van der Waals surface area contributed by atoms with E-state index in [0.29, 0.717) is 25.5 Å². The molecule has 0 radical (unpaired) electrons. The molecule has 0 spiro atoms. The predicted octanol–water partition coefficient (Wildman–Crippen LogP) is 2.72. The molecule has 0 aromatic heterocycles. The van der Waals surface area contributed by atoms with Crippen molar-refractivity contribution < 1.29 is 28.3 Å². The molecule has 148 valence electrons. The van der Waals surface area contributed by atoms with Gasteiger partial charge in [0.2, 0.25) is 5.91 Å². The normalized spacial score (nSPS) is 16.8. The van der Waals surface area contributed by atoms with E-state index >= 15 is 0 Å². The summed E-state index contributed by atoms with van der Waals surface area (Å²) in [5, 5.41) is 11.4. The minimum absolute atomic E-state index is 0.0355. The van der Waals surface area contributed by atoms with Crippen molar-refractivity contribution >= 4 is 17.8 Å². The molecule has 1 fully saturated rings. The number of nitrogens with zero attached hydrogens (tertiary/aromatic N) is 1. The van der Waals surface area contributed by atoms with E-state index in [1.807, 2.05) is 0 Å². The van der Waals surface area contributed by atoms with Crippen LogP contribution in [-0.4, -0.2) is 46.9 Å². The summed E-state index contributed by atoms with van der Waals surface area (Å²) < 4.78 is 26.4. The van der Waals surface area contributed by atoms with Crippen LogP contribution in [0.15, 0.2) is 18.2 Å². The first-order valence-corrected chi connectivity index (χ1v) is 9.13. The number of carboxylic acids is 1. The Balaban J connectivity index is 1.77. The van der Waals surface area contributed by atoms with Crippen molar-refractivity contribution in [1.82, 2.24) is 10.2 Å². The van der Waals surface area contributed by atoms with Crippen molar-refractivity contribution in [2.45, 2.75) is 51.0 Å². The van der Waals surface area contributed by atoms with Crippen LogP contribution in [0.5, 0.6) is 0 Å². The van der Waals surface area contributed by atoms with Crippen molar-refractivity contribution in [3.63, 3.8) is 0 Å². The summed E-state index contributed by atoms with van der Waals surface area (Å²) >= 11 is 0. The molecule has 6 nitrogen and oxygen atoms in total. The Morgan fingerprint density at radius 2 is 1.96 bits per heavy atom. The van der Waals surface area contributed by atoms with Crippen molar-refractivity contribution in [3.8, 4) is 0 Å². The fourth-order valence-corrected chi connectivity index (χ4v) is 3.27. The maximum absolute atomic E-state index is 13.6. The quantitative estimate of drug-likeness (QED) is 0.677. The van der Waals surface area contributed by atoms with Gasteiger partial charge in [0.05, 0.1) is 5.56 Å². The number of aliphatic carboxylic acids is 1. The lowest BCUT2D eigenvalue weighted by Crippen LogP contribution is -2.44. The summed E-state index contributed by atoms with van der Waals surface area (Å²) in [6.07, 6.45) is 3.77. The number of nitrogens with one attached hydrogen (secondary N) is 1. The van der Waals surface area contributed by atoms with Crippen LogP contribution >= 0.6 is 0 Å². The maximum Gasteiger partial charge on any atom is 0.303 e. The number of halogens is 2. The SMILES string of the molecule is O=C(O)CCC1CCCCN1C(=O)CCCNC(=O)c1ccc(F)cc1F. The fourth-order valence-electron chi connectivity index (χ4n) is 3.27. The smallest absolute Gasteiger partial charge is 0.303 e. The zero-order chi connectivity index (χ0) is 19.8. The Kier molecular flexibility index (Phi) is 7.69. The zero-order valence-electron chi connectivity index (χ0n) is 15.0. The number of hydrogen-bond acceptors (Lipinski definition) is 3. The van der Waals surface area contributed by atoms with Gasteiger partial charge in [0.1, 0.15) is 11.6 Å². The Labute approximate surface area is 156 Å². The third-order valence-corrected chi connectivity index (χ3v) is 4.67.